The number of aliphatic hydroxyl groups excluding tert-OH is 2. The second-order valence-electron chi connectivity index (χ2n) is 0.724. The van der Waals surface area contributed by atoms with Gasteiger partial charge in [0.15, 0.2) is 0 Å². The number of hydrogen-bond acceptors (Lipinski definition) is 2. The van der Waals surface area contributed by atoms with Crippen LogP contribution in [0.25, 0.3) is 0 Å². The zero-order valence-electron chi connectivity index (χ0n) is 4.81. The standard InChI is InChI=1S/C3H8O.CH4O.H2O/c1-2-3-4;1-2;/h4H,2-3H2,1H3;2H,1H3;1H2. The molecule has 0 saturated carbocycles. The van der Waals surface area contributed by atoms with Crippen LogP contribution in [0.5, 0.6) is 0 Å². The van der Waals surface area contributed by atoms with E-state index in [2.05, 4.69) is 0 Å². The van der Waals surface area contributed by atoms with Crippen LogP contribution < -0.4 is 0 Å². The molecule has 0 aromatic carbocycles. The van der Waals surface area contributed by atoms with E-state index in [0.29, 0.717) is 6.61 Å². The molecule has 0 aliphatic rings. The second-order valence-corrected chi connectivity index (χ2v) is 0.724. The molecule has 0 aliphatic heterocycles. The summed E-state index contributed by atoms with van der Waals surface area (Å²) >= 11 is 0. The van der Waals surface area contributed by atoms with Gasteiger partial charge in [-0.25, -0.2) is 0 Å². The van der Waals surface area contributed by atoms with Crippen molar-refractivity contribution in [1.82, 2.24) is 0 Å². The minimum Gasteiger partial charge on any atom is -0.412 e. The first-order valence-corrected chi connectivity index (χ1v) is 1.97. The van der Waals surface area contributed by atoms with Crippen molar-refractivity contribution in [1.29, 1.82) is 0 Å². The van der Waals surface area contributed by atoms with Crippen LogP contribution in [-0.2, 0) is 0 Å². The normalized spacial score (nSPS) is 5.14. The van der Waals surface area contributed by atoms with Gasteiger partial charge < -0.3 is 15.7 Å². The smallest absolute Gasteiger partial charge is 0.0428 e. The zero-order valence-corrected chi connectivity index (χ0v) is 4.81. The summed E-state index contributed by atoms with van der Waals surface area (Å²) in [7, 11) is 1.00. The van der Waals surface area contributed by atoms with Crippen LogP contribution in [0.2, 0.25) is 0 Å². The second kappa shape index (κ2) is 39.6. The van der Waals surface area contributed by atoms with Gasteiger partial charge in [0.2, 0.25) is 0 Å². The number of aliphatic hydroxyl groups is 2. The topological polar surface area (TPSA) is 72.0 Å². The van der Waals surface area contributed by atoms with Crippen molar-refractivity contribution in [2.45, 2.75) is 13.3 Å². The molecule has 0 bridgehead atoms. The molecule has 0 aromatic heterocycles. The van der Waals surface area contributed by atoms with Gasteiger partial charge in [-0.05, 0) is 6.42 Å². The highest BCUT2D eigenvalue weighted by Crippen LogP contribution is 1.61. The maximum absolute atomic E-state index is 7.88. The molecule has 0 saturated heterocycles. The molecular weight excluding hydrogens is 96.0 g/mol. The summed E-state index contributed by atoms with van der Waals surface area (Å²) in [6.45, 7) is 2.25. The summed E-state index contributed by atoms with van der Waals surface area (Å²) < 4.78 is 0. The van der Waals surface area contributed by atoms with Crippen molar-refractivity contribution in [3.05, 3.63) is 0 Å². The third-order valence-electron chi connectivity index (χ3n) is 0.224. The van der Waals surface area contributed by atoms with Gasteiger partial charge in [-0.2, -0.15) is 0 Å². The summed E-state index contributed by atoms with van der Waals surface area (Å²) in [5.74, 6) is 0. The van der Waals surface area contributed by atoms with Crippen molar-refractivity contribution in [3.63, 3.8) is 0 Å². The Labute approximate surface area is 43.9 Å². The Kier molecular flexibility index (Phi) is 89.4. The monoisotopic (exact) mass is 110 g/mol. The number of rotatable bonds is 1. The number of hydrogen-bond donors (Lipinski definition) is 2. The SMILES string of the molecule is CCCO.CO.O. The molecule has 0 fully saturated rings. The molecule has 3 heteroatoms. The van der Waals surface area contributed by atoms with E-state index in [1.165, 1.54) is 0 Å². The first-order valence-electron chi connectivity index (χ1n) is 1.97. The average Bonchev–Trinajstić information content (AvgIpc) is 1.72. The van der Waals surface area contributed by atoms with Gasteiger partial charge in [-0.1, -0.05) is 6.92 Å². The van der Waals surface area contributed by atoms with Crippen LogP contribution in [0.4, 0.5) is 0 Å². The Morgan fingerprint density at radius 1 is 1.29 bits per heavy atom. The molecule has 0 heterocycles. The van der Waals surface area contributed by atoms with E-state index in [0.717, 1.165) is 13.5 Å². The first-order chi connectivity index (χ1) is 2.91. The van der Waals surface area contributed by atoms with E-state index >= 15 is 0 Å². The highest BCUT2D eigenvalue weighted by Gasteiger charge is 1.57. The lowest BCUT2D eigenvalue weighted by molar-refractivity contribution is 0.295. The van der Waals surface area contributed by atoms with Crippen LogP contribution in [0.15, 0.2) is 0 Å². The van der Waals surface area contributed by atoms with E-state index in [9.17, 15) is 0 Å². The lowest BCUT2D eigenvalue weighted by Crippen LogP contribution is -1.69. The van der Waals surface area contributed by atoms with Crippen LogP contribution in [0.1, 0.15) is 13.3 Å². The van der Waals surface area contributed by atoms with Crippen LogP contribution in [0.3, 0.4) is 0 Å². The molecule has 0 atom stereocenters. The third kappa shape index (κ3) is 114. The summed E-state index contributed by atoms with van der Waals surface area (Å²) in [6.07, 6.45) is 0.875. The van der Waals surface area contributed by atoms with E-state index in [-0.39, 0.29) is 5.48 Å². The lowest BCUT2D eigenvalue weighted by atomic mass is 10.5. The highest BCUT2D eigenvalue weighted by molar-refractivity contribution is 4.10. The van der Waals surface area contributed by atoms with Gasteiger partial charge in [0, 0.05) is 13.7 Å². The van der Waals surface area contributed by atoms with E-state index in [4.69, 9.17) is 10.2 Å². The summed E-state index contributed by atoms with van der Waals surface area (Å²) in [5, 5.41) is 14.9. The van der Waals surface area contributed by atoms with Gasteiger partial charge >= 0.3 is 0 Å². The Morgan fingerprint density at radius 2 is 1.43 bits per heavy atom. The molecular formula is C4H14O3. The van der Waals surface area contributed by atoms with Crippen LogP contribution >= 0.6 is 0 Å². The minimum atomic E-state index is 0. The van der Waals surface area contributed by atoms with E-state index in [1.807, 2.05) is 6.92 Å². The van der Waals surface area contributed by atoms with Gasteiger partial charge in [0.25, 0.3) is 0 Å². The first kappa shape index (κ1) is 15.8. The zero-order chi connectivity index (χ0) is 5.41. The van der Waals surface area contributed by atoms with Gasteiger partial charge in [-0.3, -0.25) is 0 Å². The minimum absolute atomic E-state index is 0. The lowest BCUT2D eigenvalue weighted by Gasteiger charge is -1.69. The fourth-order valence-corrected chi connectivity index (χ4v) is 0. The Hall–Kier alpha value is -0.120. The average molecular weight is 110 g/mol. The van der Waals surface area contributed by atoms with Gasteiger partial charge in [0.1, 0.15) is 0 Å². The molecule has 0 rings (SSSR count). The van der Waals surface area contributed by atoms with Crippen LogP contribution in [-0.4, -0.2) is 29.4 Å². The van der Waals surface area contributed by atoms with Gasteiger partial charge in [-0.15, -0.1) is 0 Å². The maximum atomic E-state index is 7.88. The third-order valence-corrected chi connectivity index (χ3v) is 0.224. The predicted molar refractivity (Wildman–Crippen MR) is 29.1 cm³/mol. The van der Waals surface area contributed by atoms with Crippen molar-refractivity contribution >= 4 is 0 Å². The Balaban J connectivity index is -0.0000000480. The molecule has 7 heavy (non-hydrogen) atoms. The molecule has 0 aliphatic carbocycles. The molecule has 4 N–H and O–H groups in total. The van der Waals surface area contributed by atoms with Crippen molar-refractivity contribution in [2.24, 2.45) is 0 Å². The molecule has 0 aromatic rings. The summed E-state index contributed by atoms with van der Waals surface area (Å²) in [4.78, 5) is 0. The summed E-state index contributed by atoms with van der Waals surface area (Å²) in [5.41, 5.74) is 0. The maximum Gasteiger partial charge on any atom is 0.0428 e. The quantitative estimate of drug-likeness (QED) is 0.462. The summed E-state index contributed by atoms with van der Waals surface area (Å²) in [6, 6.07) is 0. The van der Waals surface area contributed by atoms with Crippen molar-refractivity contribution in [3.8, 4) is 0 Å². The molecule has 0 radical (unpaired) electrons. The largest absolute Gasteiger partial charge is 0.412 e. The van der Waals surface area contributed by atoms with E-state index in [1.54, 1.807) is 0 Å². The molecule has 0 spiro atoms. The Bertz CT molecular complexity index is 8.90. The molecule has 0 amide bonds. The Morgan fingerprint density at radius 3 is 1.43 bits per heavy atom. The molecule has 0 unspecified atom stereocenters. The van der Waals surface area contributed by atoms with E-state index < -0.39 is 0 Å². The van der Waals surface area contributed by atoms with Crippen LogP contribution in [0, 0.1) is 0 Å². The van der Waals surface area contributed by atoms with Gasteiger partial charge in [0.05, 0.1) is 0 Å². The fraction of sp³-hybridized carbons (Fsp3) is 1.00. The van der Waals surface area contributed by atoms with Crippen molar-refractivity contribution in [2.75, 3.05) is 13.7 Å². The van der Waals surface area contributed by atoms with Crippen molar-refractivity contribution < 1.29 is 15.7 Å². The molecule has 3 nitrogen and oxygen atoms in total. The fourth-order valence-electron chi connectivity index (χ4n) is 0. The highest BCUT2D eigenvalue weighted by atomic mass is 16.3. The predicted octanol–water partition coefficient (Wildman–Crippen LogP) is -0.828. The molecule has 48 valence electrons.